The molecule has 1 saturated heterocycles. The van der Waals surface area contributed by atoms with Crippen LogP contribution in [0.1, 0.15) is 40.5 Å². The zero-order valence-corrected chi connectivity index (χ0v) is 12.1. The quantitative estimate of drug-likeness (QED) is 0.793. The van der Waals surface area contributed by atoms with Crippen LogP contribution in [0.3, 0.4) is 0 Å². The molecule has 0 saturated carbocycles. The molecule has 1 heterocycles. The number of nitrogens with zero attached hydrogens (tertiary/aromatic N) is 1. The first-order valence-electron chi connectivity index (χ1n) is 6.39. The highest BCUT2D eigenvalue weighted by molar-refractivity contribution is 7.99. The van der Waals surface area contributed by atoms with Gasteiger partial charge < -0.3 is 4.74 Å². The van der Waals surface area contributed by atoms with Gasteiger partial charge in [-0.05, 0) is 46.3 Å². The summed E-state index contributed by atoms with van der Waals surface area (Å²) in [4.78, 5) is 0. The van der Waals surface area contributed by atoms with E-state index in [4.69, 9.17) is 4.74 Å². The molecule has 0 aliphatic carbocycles. The van der Waals surface area contributed by atoms with Crippen LogP contribution in [-0.4, -0.2) is 35.3 Å². The summed E-state index contributed by atoms with van der Waals surface area (Å²) in [5, 5.41) is 13.2. The molecule has 0 bridgehead atoms. The molecule has 1 aliphatic heterocycles. The Morgan fingerprint density at radius 3 is 2.76 bits per heavy atom. The first kappa shape index (κ1) is 14.8. The fourth-order valence-corrected chi connectivity index (χ4v) is 3.58. The number of thioether (sulfide) groups is 1. The Morgan fingerprint density at radius 2 is 2.29 bits per heavy atom. The molecule has 0 aromatic heterocycles. The number of ether oxygens (including phenoxy) is 1. The number of nitriles is 1. The van der Waals surface area contributed by atoms with Crippen LogP contribution < -0.4 is 5.32 Å². The molecule has 0 spiro atoms. The van der Waals surface area contributed by atoms with Gasteiger partial charge >= 0.3 is 0 Å². The lowest BCUT2D eigenvalue weighted by molar-refractivity contribution is 0.127. The molecule has 1 fully saturated rings. The van der Waals surface area contributed by atoms with Crippen LogP contribution in [0.2, 0.25) is 0 Å². The highest BCUT2D eigenvalue weighted by Crippen LogP contribution is 2.28. The highest BCUT2D eigenvalue weighted by atomic mass is 32.2. The molecule has 0 radical (unpaired) electrons. The Kier molecular flexibility index (Phi) is 5.78. The van der Waals surface area contributed by atoms with E-state index in [2.05, 4.69) is 32.2 Å². The van der Waals surface area contributed by atoms with E-state index >= 15 is 0 Å². The molecule has 1 aliphatic rings. The van der Waals surface area contributed by atoms with E-state index in [9.17, 15) is 5.26 Å². The third-order valence-electron chi connectivity index (χ3n) is 3.09. The van der Waals surface area contributed by atoms with Crippen molar-refractivity contribution in [3.8, 4) is 6.07 Å². The van der Waals surface area contributed by atoms with Crippen LogP contribution in [0, 0.1) is 11.3 Å². The van der Waals surface area contributed by atoms with Gasteiger partial charge in [0.05, 0.1) is 12.2 Å². The van der Waals surface area contributed by atoms with Crippen molar-refractivity contribution in [2.75, 3.05) is 12.4 Å². The summed E-state index contributed by atoms with van der Waals surface area (Å²) in [6, 6.07) is 2.74. The molecule has 4 heteroatoms. The molecule has 1 rings (SSSR count). The Balaban J connectivity index is 2.30. The highest BCUT2D eigenvalue weighted by Gasteiger charge is 2.27. The number of hydrogen-bond donors (Lipinski definition) is 1. The Morgan fingerprint density at radius 1 is 1.59 bits per heavy atom. The molecule has 0 aromatic carbocycles. The average Bonchev–Trinajstić information content (AvgIpc) is 2.63. The van der Waals surface area contributed by atoms with Crippen LogP contribution in [0.4, 0.5) is 0 Å². The zero-order chi connectivity index (χ0) is 12.9. The van der Waals surface area contributed by atoms with Gasteiger partial charge in [0.1, 0.15) is 5.54 Å². The molecule has 3 atom stereocenters. The Bertz CT molecular complexity index is 277. The molecule has 17 heavy (non-hydrogen) atoms. The first-order chi connectivity index (χ1) is 7.97. The smallest absolute Gasteiger partial charge is 0.104 e. The van der Waals surface area contributed by atoms with E-state index in [-0.39, 0.29) is 0 Å². The van der Waals surface area contributed by atoms with E-state index in [1.54, 1.807) is 0 Å². The molecular weight excluding hydrogens is 232 g/mol. The normalized spacial score (nSPS) is 28.0. The minimum atomic E-state index is -0.399. The largest absolute Gasteiger partial charge is 0.377 e. The minimum Gasteiger partial charge on any atom is -0.377 e. The van der Waals surface area contributed by atoms with Crippen LogP contribution in [0.5, 0.6) is 0 Å². The summed E-state index contributed by atoms with van der Waals surface area (Å²) in [5.74, 6) is 1.02. The van der Waals surface area contributed by atoms with Gasteiger partial charge in [-0.2, -0.15) is 17.0 Å². The lowest BCUT2D eigenvalue weighted by Crippen LogP contribution is -2.45. The molecule has 0 aromatic rings. The fraction of sp³-hybridized carbons (Fsp3) is 0.923. The third-order valence-corrected chi connectivity index (χ3v) is 4.58. The van der Waals surface area contributed by atoms with Crippen LogP contribution in [0.15, 0.2) is 0 Å². The lowest BCUT2D eigenvalue weighted by atomic mass is 10.0. The van der Waals surface area contributed by atoms with Crippen LogP contribution >= 0.6 is 11.8 Å². The van der Waals surface area contributed by atoms with Crippen LogP contribution in [0.25, 0.3) is 0 Å². The summed E-state index contributed by atoms with van der Waals surface area (Å²) in [6.07, 6.45) is 2.40. The first-order valence-corrected chi connectivity index (χ1v) is 7.44. The van der Waals surface area contributed by atoms with Gasteiger partial charge in [0.15, 0.2) is 0 Å². The van der Waals surface area contributed by atoms with Gasteiger partial charge in [-0.15, -0.1) is 0 Å². The third kappa shape index (κ3) is 4.87. The molecule has 3 unspecified atom stereocenters. The van der Waals surface area contributed by atoms with E-state index < -0.39 is 5.54 Å². The van der Waals surface area contributed by atoms with Crippen molar-refractivity contribution in [3.05, 3.63) is 0 Å². The van der Waals surface area contributed by atoms with Crippen molar-refractivity contribution < 1.29 is 4.74 Å². The number of rotatable bonds is 6. The monoisotopic (exact) mass is 256 g/mol. The second kappa shape index (κ2) is 6.63. The van der Waals surface area contributed by atoms with Gasteiger partial charge in [0.25, 0.3) is 0 Å². The van der Waals surface area contributed by atoms with Crippen molar-refractivity contribution in [2.45, 2.75) is 63.5 Å². The van der Waals surface area contributed by atoms with Crippen LogP contribution in [-0.2, 0) is 4.74 Å². The topological polar surface area (TPSA) is 45.0 Å². The molecule has 0 amide bonds. The van der Waals surface area contributed by atoms with Gasteiger partial charge in [-0.3, -0.25) is 5.32 Å². The second-order valence-electron chi connectivity index (χ2n) is 5.27. The van der Waals surface area contributed by atoms with E-state index in [0.717, 1.165) is 25.2 Å². The van der Waals surface area contributed by atoms with Gasteiger partial charge in [-0.25, -0.2) is 0 Å². The van der Waals surface area contributed by atoms with Crippen molar-refractivity contribution in [1.29, 1.82) is 5.26 Å². The fourth-order valence-electron chi connectivity index (χ4n) is 2.14. The Labute approximate surface area is 109 Å². The second-order valence-corrected chi connectivity index (χ2v) is 6.61. The van der Waals surface area contributed by atoms with Crippen molar-refractivity contribution in [1.82, 2.24) is 5.32 Å². The maximum absolute atomic E-state index is 9.23. The average molecular weight is 256 g/mol. The summed E-state index contributed by atoms with van der Waals surface area (Å²) in [5.41, 5.74) is -0.399. The summed E-state index contributed by atoms with van der Waals surface area (Å²) in [6.45, 7) is 9.17. The van der Waals surface area contributed by atoms with Crippen molar-refractivity contribution >= 4 is 11.8 Å². The maximum Gasteiger partial charge on any atom is 0.104 e. The van der Waals surface area contributed by atoms with Gasteiger partial charge in [-0.1, -0.05) is 0 Å². The minimum absolute atomic E-state index is 0.346. The summed E-state index contributed by atoms with van der Waals surface area (Å²) in [7, 11) is 0. The zero-order valence-electron chi connectivity index (χ0n) is 11.3. The molecule has 3 nitrogen and oxygen atoms in total. The molecular formula is C13H24N2OS. The van der Waals surface area contributed by atoms with E-state index in [1.807, 2.05) is 18.7 Å². The lowest BCUT2D eigenvalue weighted by Gasteiger charge is -2.26. The van der Waals surface area contributed by atoms with E-state index in [0.29, 0.717) is 17.4 Å². The number of hydrogen-bond acceptors (Lipinski definition) is 4. The predicted molar refractivity (Wildman–Crippen MR) is 73.2 cm³/mol. The Hall–Kier alpha value is -0.240. The standard InChI is InChI=1S/C13H24N2OS/c1-10(2)15-13(4,9-14)6-8-17-12-5-7-16-11(12)3/h10-12,15H,5-8H2,1-4H3. The molecule has 1 N–H and O–H groups in total. The molecule has 98 valence electrons. The van der Waals surface area contributed by atoms with Crippen molar-refractivity contribution in [3.63, 3.8) is 0 Å². The summed E-state index contributed by atoms with van der Waals surface area (Å²) >= 11 is 1.95. The van der Waals surface area contributed by atoms with Gasteiger partial charge in [0, 0.05) is 17.9 Å². The SMILES string of the molecule is CC(C)NC(C)(C#N)CCSC1CCOC1C. The maximum atomic E-state index is 9.23. The predicted octanol–water partition coefficient (Wildman–Crippen LogP) is 2.57. The van der Waals surface area contributed by atoms with E-state index in [1.165, 1.54) is 0 Å². The number of nitrogens with one attached hydrogen (secondary N) is 1. The van der Waals surface area contributed by atoms with Crippen molar-refractivity contribution in [2.24, 2.45) is 0 Å². The summed E-state index contributed by atoms with van der Waals surface area (Å²) < 4.78 is 5.54. The van der Waals surface area contributed by atoms with Gasteiger partial charge in [0.2, 0.25) is 0 Å².